The van der Waals surface area contributed by atoms with Gasteiger partial charge in [0.2, 0.25) is 0 Å². The van der Waals surface area contributed by atoms with Crippen LogP contribution >= 0.6 is 11.3 Å². The highest BCUT2D eigenvalue weighted by Crippen LogP contribution is 2.20. The lowest BCUT2D eigenvalue weighted by atomic mass is 10.2. The average molecular weight is 257 g/mol. The summed E-state index contributed by atoms with van der Waals surface area (Å²) in [5.41, 5.74) is 0.591. The Kier molecular flexibility index (Phi) is 4.65. The maximum absolute atomic E-state index is 11.8. The molecule has 0 radical (unpaired) electrons. The lowest BCUT2D eigenvalue weighted by Crippen LogP contribution is -2.37. The van der Waals surface area contributed by atoms with Gasteiger partial charge in [0.1, 0.15) is 0 Å². The molecule has 1 aromatic heterocycles. The van der Waals surface area contributed by atoms with Crippen LogP contribution in [0.1, 0.15) is 20.1 Å². The summed E-state index contributed by atoms with van der Waals surface area (Å²) in [6, 6.07) is 1.79. The fourth-order valence-corrected chi connectivity index (χ4v) is 2.33. The van der Waals surface area contributed by atoms with Gasteiger partial charge in [0.05, 0.1) is 12.1 Å². The molecule has 0 aliphatic carbocycles. The number of aryl methyl sites for hydroxylation is 2. The molecule has 0 saturated heterocycles. The highest BCUT2D eigenvalue weighted by atomic mass is 32.1. The first-order chi connectivity index (χ1) is 7.95. The third-order valence-electron chi connectivity index (χ3n) is 2.29. The molecule has 0 saturated carbocycles. The van der Waals surface area contributed by atoms with Gasteiger partial charge in [0, 0.05) is 16.9 Å². The molecular formula is C11H15NO4S. The zero-order chi connectivity index (χ0) is 13.0. The topological polar surface area (TPSA) is 75.6 Å². The van der Waals surface area contributed by atoms with E-state index in [4.69, 9.17) is 9.84 Å². The SMILES string of the molecule is COC(CNC(=O)c1cc(C)sc1C)C(=O)O. The third-order valence-corrected chi connectivity index (χ3v) is 3.26. The van der Waals surface area contributed by atoms with E-state index in [2.05, 4.69) is 5.32 Å². The quantitative estimate of drug-likeness (QED) is 0.831. The molecule has 94 valence electrons. The number of nitrogens with one attached hydrogen (secondary N) is 1. The molecule has 0 bridgehead atoms. The number of hydrogen-bond donors (Lipinski definition) is 2. The molecule has 1 aromatic rings. The Bertz CT molecular complexity index is 427. The molecule has 1 heterocycles. The predicted octanol–water partition coefficient (Wildman–Crippen LogP) is 1.19. The van der Waals surface area contributed by atoms with Gasteiger partial charge in [-0.1, -0.05) is 0 Å². The number of aliphatic carboxylic acids is 1. The van der Waals surface area contributed by atoms with Crippen molar-refractivity contribution in [2.24, 2.45) is 0 Å². The maximum Gasteiger partial charge on any atom is 0.334 e. The minimum atomic E-state index is -1.09. The Balaban J connectivity index is 2.61. The van der Waals surface area contributed by atoms with Crippen LogP contribution < -0.4 is 5.32 Å². The summed E-state index contributed by atoms with van der Waals surface area (Å²) in [6.07, 6.45) is -1.01. The second-order valence-corrected chi connectivity index (χ2v) is 5.06. The summed E-state index contributed by atoms with van der Waals surface area (Å²) in [5, 5.41) is 11.3. The van der Waals surface area contributed by atoms with Crippen LogP contribution in [-0.4, -0.2) is 36.7 Å². The summed E-state index contributed by atoms with van der Waals surface area (Å²) < 4.78 is 4.72. The van der Waals surface area contributed by atoms with E-state index in [9.17, 15) is 9.59 Å². The van der Waals surface area contributed by atoms with Crippen LogP contribution in [0.3, 0.4) is 0 Å². The molecule has 1 amide bonds. The molecule has 0 aromatic carbocycles. The standard InChI is InChI=1S/C11H15NO4S/c1-6-4-8(7(2)17-6)10(13)12-5-9(16-3)11(14)15/h4,9H,5H2,1-3H3,(H,12,13)(H,14,15). The van der Waals surface area contributed by atoms with Crippen LogP contribution in [0.25, 0.3) is 0 Å². The fraction of sp³-hybridized carbons (Fsp3) is 0.455. The summed E-state index contributed by atoms with van der Waals surface area (Å²) in [6.45, 7) is 3.74. The number of carbonyl (C=O) groups is 2. The number of carboxylic acids is 1. The molecule has 0 spiro atoms. The Morgan fingerprint density at radius 2 is 2.18 bits per heavy atom. The number of thiophene rings is 1. The van der Waals surface area contributed by atoms with Crippen molar-refractivity contribution in [3.05, 3.63) is 21.4 Å². The van der Waals surface area contributed by atoms with Crippen molar-refractivity contribution >= 4 is 23.2 Å². The van der Waals surface area contributed by atoms with Gasteiger partial charge >= 0.3 is 5.97 Å². The van der Waals surface area contributed by atoms with Gasteiger partial charge in [0.15, 0.2) is 6.10 Å². The van der Waals surface area contributed by atoms with Crippen LogP contribution in [0.5, 0.6) is 0 Å². The highest BCUT2D eigenvalue weighted by molar-refractivity contribution is 7.12. The number of rotatable bonds is 5. The minimum Gasteiger partial charge on any atom is -0.479 e. The van der Waals surface area contributed by atoms with E-state index >= 15 is 0 Å². The molecule has 2 N–H and O–H groups in total. The molecule has 0 aliphatic rings. The maximum atomic E-state index is 11.8. The van der Waals surface area contributed by atoms with Gasteiger partial charge in [-0.05, 0) is 19.9 Å². The first-order valence-corrected chi connectivity index (χ1v) is 5.88. The first-order valence-electron chi connectivity index (χ1n) is 5.06. The molecule has 5 nitrogen and oxygen atoms in total. The second-order valence-electron chi connectivity index (χ2n) is 3.60. The number of carboxylic acid groups (broad SMARTS) is 1. The van der Waals surface area contributed by atoms with E-state index < -0.39 is 12.1 Å². The van der Waals surface area contributed by atoms with Crippen molar-refractivity contribution in [1.82, 2.24) is 5.32 Å². The number of methoxy groups -OCH3 is 1. The van der Waals surface area contributed by atoms with Crippen molar-refractivity contribution in [2.75, 3.05) is 13.7 Å². The monoisotopic (exact) mass is 257 g/mol. The van der Waals surface area contributed by atoms with Gasteiger partial charge in [-0.15, -0.1) is 11.3 Å². The molecule has 0 aliphatic heterocycles. The molecule has 17 heavy (non-hydrogen) atoms. The Hall–Kier alpha value is -1.40. The normalized spacial score (nSPS) is 12.2. The van der Waals surface area contributed by atoms with E-state index in [-0.39, 0.29) is 12.5 Å². The van der Waals surface area contributed by atoms with Crippen LogP contribution in [0.4, 0.5) is 0 Å². The molecular weight excluding hydrogens is 242 g/mol. The number of hydrogen-bond acceptors (Lipinski definition) is 4. The van der Waals surface area contributed by atoms with Gasteiger partial charge in [-0.2, -0.15) is 0 Å². The van der Waals surface area contributed by atoms with Crippen molar-refractivity contribution in [3.63, 3.8) is 0 Å². The van der Waals surface area contributed by atoms with E-state index in [0.29, 0.717) is 5.56 Å². The lowest BCUT2D eigenvalue weighted by molar-refractivity contribution is -0.148. The molecule has 1 atom stereocenters. The van der Waals surface area contributed by atoms with Gasteiger partial charge < -0.3 is 15.2 Å². The Morgan fingerprint density at radius 1 is 1.53 bits per heavy atom. The fourth-order valence-electron chi connectivity index (χ4n) is 1.41. The third kappa shape index (κ3) is 3.54. The Labute approximate surface area is 103 Å². The van der Waals surface area contributed by atoms with Crippen molar-refractivity contribution in [3.8, 4) is 0 Å². The van der Waals surface area contributed by atoms with E-state index in [1.807, 2.05) is 13.8 Å². The number of carbonyl (C=O) groups excluding carboxylic acids is 1. The average Bonchev–Trinajstić information content (AvgIpc) is 2.58. The van der Waals surface area contributed by atoms with Gasteiger partial charge in [-0.3, -0.25) is 4.79 Å². The van der Waals surface area contributed by atoms with Crippen LogP contribution in [-0.2, 0) is 9.53 Å². The predicted molar refractivity (Wildman–Crippen MR) is 64.6 cm³/mol. The lowest BCUT2D eigenvalue weighted by Gasteiger charge is -2.11. The molecule has 1 unspecified atom stereocenters. The number of ether oxygens (including phenoxy) is 1. The Morgan fingerprint density at radius 3 is 2.59 bits per heavy atom. The highest BCUT2D eigenvalue weighted by Gasteiger charge is 2.18. The van der Waals surface area contributed by atoms with E-state index in [0.717, 1.165) is 9.75 Å². The zero-order valence-corrected chi connectivity index (χ0v) is 10.8. The second kappa shape index (κ2) is 5.79. The van der Waals surface area contributed by atoms with E-state index in [1.54, 1.807) is 6.07 Å². The zero-order valence-electron chi connectivity index (χ0n) is 9.94. The molecule has 1 rings (SSSR count). The molecule has 6 heteroatoms. The van der Waals surface area contributed by atoms with Crippen molar-refractivity contribution < 1.29 is 19.4 Å². The van der Waals surface area contributed by atoms with Gasteiger partial charge in [-0.25, -0.2) is 4.79 Å². The summed E-state index contributed by atoms with van der Waals surface area (Å²) in [7, 11) is 1.30. The van der Waals surface area contributed by atoms with Crippen LogP contribution in [0.2, 0.25) is 0 Å². The van der Waals surface area contributed by atoms with Crippen LogP contribution in [0, 0.1) is 13.8 Å². The summed E-state index contributed by atoms with van der Waals surface area (Å²) in [5.74, 6) is -1.36. The minimum absolute atomic E-state index is 0.0427. The molecule has 0 fully saturated rings. The van der Waals surface area contributed by atoms with Gasteiger partial charge in [0.25, 0.3) is 5.91 Å². The first kappa shape index (κ1) is 13.7. The van der Waals surface area contributed by atoms with E-state index in [1.165, 1.54) is 18.4 Å². The summed E-state index contributed by atoms with van der Waals surface area (Å²) in [4.78, 5) is 24.4. The summed E-state index contributed by atoms with van der Waals surface area (Å²) >= 11 is 1.54. The largest absolute Gasteiger partial charge is 0.479 e. The smallest absolute Gasteiger partial charge is 0.334 e. The number of amides is 1. The van der Waals surface area contributed by atoms with Crippen LogP contribution in [0.15, 0.2) is 6.07 Å². The van der Waals surface area contributed by atoms with Crippen molar-refractivity contribution in [1.29, 1.82) is 0 Å². The van der Waals surface area contributed by atoms with Crippen molar-refractivity contribution in [2.45, 2.75) is 20.0 Å².